The molecule has 0 fully saturated rings. The SMILES string of the molecule is Cc1cc(C)c([N+](=O)[O-])c(-c2nc3ccccc3o2)c1. The molecule has 0 aliphatic heterocycles. The highest BCUT2D eigenvalue weighted by Gasteiger charge is 2.23. The van der Waals surface area contributed by atoms with Crippen molar-refractivity contribution in [1.29, 1.82) is 0 Å². The number of hydrogen-bond acceptors (Lipinski definition) is 4. The second-order valence-electron chi connectivity index (χ2n) is 4.72. The molecule has 1 aromatic heterocycles. The molecule has 0 aliphatic carbocycles. The van der Waals surface area contributed by atoms with Crippen LogP contribution >= 0.6 is 0 Å². The first-order chi connectivity index (χ1) is 9.56. The highest BCUT2D eigenvalue weighted by atomic mass is 16.6. The van der Waals surface area contributed by atoms with Crippen LogP contribution in [0.3, 0.4) is 0 Å². The predicted octanol–water partition coefficient (Wildman–Crippen LogP) is 4.02. The number of rotatable bonds is 2. The maximum Gasteiger partial charge on any atom is 0.284 e. The van der Waals surface area contributed by atoms with Crippen molar-refractivity contribution in [2.75, 3.05) is 0 Å². The van der Waals surface area contributed by atoms with Crippen LogP contribution in [-0.2, 0) is 0 Å². The fraction of sp³-hybridized carbons (Fsp3) is 0.133. The molecule has 0 radical (unpaired) electrons. The lowest BCUT2D eigenvalue weighted by Crippen LogP contribution is -1.96. The molecule has 0 saturated carbocycles. The van der Waals surface area contributed by atoms with E-state index in [-0.39, 0.29) is 16.5 Å². The van der Waals surface area contributed by atoms with E-state index in [0.29, 0.717) is 22.2 Å². The van der Waals surface area contributed by atoms with Crippen LogP contribution in [0.4, 0.5) is 5.69 Å². The number of nitrogens with zero attached hydrogens (tertiary/aromatic N) is 2. The minimum absolute atomic E-state index is 0.0437. The van der Waals surface area contributed by atoms with E-state index < -0.39 is 0 Å². The maximum atomic E-state index is 11.3. The van der Waals surface area contributed by atoms with Gasteiger partial charge in [-0.05, 0) is 43.7 Å². The summed E-state index contributed by atoms with van der Waals surface area (Å²) in [5.41, 5.74) is 3.32. The van der Waals surface area contributed by atoms with E-state index in [1.807, 2.05) is 25.1 Å². The van der Waals surface area contributed by atoms with Crippen LogP contribution in [0.25, 0.3) is 22.6 Å². The molecule has 0 aliphatic rings. The highest BCUT2D eigenvalue weighted by molar-refractivity contribution is 5.79. The summed E-state index contributed by atoms with van der Waals surface area (Å²) in [5.74, 6) is 0.282. The van der Waals surface area contributed by atoms with Crippen molar-refractivity contribution in [3.8, 4) is 11.5 Å². The molecule has 0 unspecified atom stereocenters. The van der Waals surface area contributed by atoms with Gasteiger partial charge in [0.05, 0.1) is 4.92 Å². The van der Waals surface area contributed by atoms with Crippen molar-refractivity contribution in [3.63, 3.8) is 0 Å². The standard InChI is InChI=1S/C15H12N2O3/c1-9-7-10(2)14(17(18)19)11(8-9)15-16-12-5-3-4-6-13(12)20-15/h3-8H,1-2H3. The molecule has 2 aromatic carbocycles. The lowest BCUT2D eigenvalue weighted by atomic mass is 10.0. The lowest BCUT2D eigenvalue weighted by Gasteiger charge is -2.04. The fourth-order valence-electron chi connectivity index (χ4n) is 2.35. The number of fused-ring (bicyclic) bond motifs is 1. The summed E-state index contributed by atoms with van der Waals surface area (Å²) >= 11 is 0. The Morgan fingerprint density at radius 2 is 1.95 bits per heavy atom. The first-order valence-electron chi connectivity index (χ1n) is 6.18. The maximum absolute atomic E-state index is 11.3. The minimum Gasteiger partial charge on any atom is -0.436 e. The Morgan fingerprint density at radius 1 is 1.20 bits per heavy atom. The number of aryl methyl sites for hydroxylation is 2. The summed E-state index contributed by atoms with van der Waals surface area (Å²) in [7, 11) is 0. The zero-order valence-electron chi connectivity index (χ0n) is 11.1. The molecular weight excluding hydrogens is 256 g/mol. The number of nitro benzene ring substituents is 1. The van der Waals surface area contributed by atoms with Gasteiger partial charge in [-0.2, -0.15) is 0 Å². The number of nitro groups is 1. The van der Waals surface area contributed by atoms with Gasteiger partial charge in [-0.25, -0.2) is 4.98 Å². The number of benzene rings is 2. The summed E-state index contributed by atoms with van der Waals surface area (Å²) in [4.78, 5) is 15.2. The van der Waals surface area contributed by atoms with Crippen molar-refractivity contribution in [3.05, 3.63) is 57.6 Å². The van der Waals surface area contributed by atoms with Crippen LogP contribution in [0.15, 0.2) is 40.8 Å². The molecular formula is C15H12N2O3. The van der Waals surface area contributed by atoms with E-state index in [4.69, 9.17) is 4.42 Å². The molecule has 3 rings (SSSR count). The number of aromatic nitrogens is 1. The second-order valence-corrected chi connectivity index (χ2v) is 4.72. The summed E-state index contributed by atoms with van der Waals surface area (Å²) < 4.78 is 5.64. The predicted molar refractivity (Wildman–Crippen MR) is 75.6 cm³/mol. The Labute approximate surface area is 115 Å². The Hall–Kier alpha value is -2.69. The van der Waals surface area contributed by atoms with Crippen molar-refractivity contribution >= 4 is 16.8 Å². The van der Waals surface area contributed by atoms with E-state index in [1.165, 1.54) is 0 Å². The third-order valence-electron chi connectivity index (χ3n) is 3.15. The fourth-order valence-corrected chi connectivity index (χ4v) is 2.35. The average molecular weight is 268 g/mol. The summed E-state index contributed by atoms with van der Waals surface area (Å²) in [6.45, 7) is 3.61. The van der Waals surface area contributed by atoms with Crippen LogP contribution in [-0.4, -0.2) is 9.91 Å². The Bertz CT molecular complexity index is 788. The second kappa shape index (κ2) is 4.45. The van der Waals surface area contributed by atoms with Gasteiger partial charge in [0.2, 0.25) is 5.89 Å². The summed E-state index contributed by atoms with van der Waals surface area (Å²) in [5, 5.41) is 11.3. The summed E-state index contributed by atoms with van der Waals surface area (Å²) in [6, 6.07) is 10.8. The molecule has 5 heteroatoms. The summed E-state index contributed by atoms with van der Waals surface area (Å²) in [6.07, 6.45) is 0. The van der Waals surface area contributed by atoms with E-state index in [0.717, 1.165) is 5.56 Å². The molecule has 0 saturated heterocycles. The third kappa shape index (κ3) is 1.93. The molecule has 0 atom stereocenters. The van der Waals surface area contributed by atoms with Crippen molar-refractivity contribution in [1.82, 2.24) is 4.98 Å². The van der Waals surface area contributed by atoms with Gasteiger partial charge in [0.15, 0.2) is 5.58 Å². The van der Waals surface area contributed by atoms with Gasteiger partial charge in [-0.3, -0.25) is 10.1 Å². The van der Waals surface area contributed by atoms with Gasteiger partial charge >= 0.3 is 0 Å². The normalized spacial score (nSPS) is 10.9. The van der Waals surface area contributed by atoms with Crippen LogP contribution in [0.5, 0.6) is 0 Å². The topological polar surface area (TPSA) is 69.2 Å². The molecule has 20 heavy (non-hydrogen) atoms. The van der Waals surface area contributed by atoms with Crippen molar-refractivity contribution in [2.45, 2.75) is 13.8 Å². The molecule has 0 N–H and O–H groups in total. The van der Waals surface area contributed by atoms with Gasteiger partial charge in [0, 0.05) is 5.56 Å². The Kier molecular flexibility index (Phi) is 2.75. The average Bonchev–Trinajstić information content (AvgIpc) is 2.80. The van der Waals surface area contributed by atoms with Gasteiger partial charge in [0.1, 0.15) is 11.1 Å². The molecule has 1 heterocycles. The van der Waals surface area contributed by atoms with E-state index in [1.54, 1.807) is 25.1 Å². The van der Waals surface area contributed by atoms with Crippen molar-refractivity contribution in [2.24, 2.45) is 0 Å². The van der Waals surface area contributed by atoms with Gasteiger partial charge < -0.3 is 4.42 Å². The lowest BCUT2D eigenvalue weighted by molar-refractivity contribution is -0.384. The van der Waals surface area contributed by atoms with Crippen LogP contribution in [0.2, 0.25) is 0 Å². The van der Waals surface area contributed by atoms with Gasteiger partial charge in [-0.1, -0.05) is 12.1 Å². The third-order valence-corrected chi connectivity index (χ3v) is 3.15. The first-order valence-corrected chi connectivity index (χ1v) is 6.18. The Balaban J connectivity index is 2.30. The number of hydrogen-bond donors (Lipinski definition) is 0. The molecule has 0 bridgehead atoms. The minimum atomic E-state index is -0.390. The quantitative estimate of drug-likeness (QED) is 0.520. The highest BCUT2D eigenvalue weighted by Crippen LogP contribution is 2.34. The monoisotopic (exact) mass is 268 g/mol. The van der Waals surface area contributed by atoms with Crippen LogP contribution < -0.4 is 0 Å². The van der Waals surface area contributed by atoms with Gasteiger partial charge in [0.25, 0.3) is 5.69 Å². The van der Waals surface area contributed by atoms with E-state index >= 15 is 0 Å². The van der Waals surface area contributed by atoms with E-state index in [9.17, 15) is 10.1 Å². The smallest absolute Gasteiger partial charge is 0.284 e. The molecule has 100 valence electrons. The van der Waals surface area contributed by atoms with Crippen LogP contribution in [0.1, 0.15) is 11.1 Å². The molecule has 5 nitrogen and oxygen atoms in total. The van der Waals surface area contributed by atoms with Crippen LogP contribution in [0, 0.1) is 24.0 Å². The first kappa shape index (κ1) is 12.3. The van der Waals surface area contributed by atoms with Gasteiger partial charge in [-0.15, -0.1) is 0 Å². The Morgan fingerprint density at radius 3 is 2.65 bits per heavy atom. The molecule has 3 aromatic rings. The zero-order valence-corrected chi connectivity index (χ0v) is 11.1. The molecule has 0 spiro atoms. The van der Waals surface area contributed by atoms with Crippen molar-refractivity contribution < 1.29 is 9.34 Å². The van der Waals surface area contributed by atoms with E-state index in [2.05, 4.69) is 4.98 Å². The number of oxazole rings is 1. The zero-order chi connectivity index (χ0) is 14.3. The molecule has 0 amide bonds. The number of para-hydroxylation sites is 2. The largest absolute Gasteiger partial charge is 0.436 e.